The van der Waals surface area contributed by atoms with E-state index in [1.165, 1.54) is 25.2 Å². The van der Waals surface area contributed by atoms with Gasteiger partial charge >= 0.3 is 12.1 Å². The van der Waals surface area contributed by atoms with Crippen molar-refractivity contribution >= 4 is 29.2 Å². The van der Waals surface area contributed by atoms with E-state index >= 15 is 0 Å². The number of rotatable bonds is 3. The molecule has 9 atom stereocenters. The molecule has 3 N–H and O–H groups in total. The lowest BCUT2D eigenvalue weighted by Crippen LogP contribution is -2.46. The quantitative estimate of drug-likeness (QED) is 0.356. The van der Waals surface area contributed by atoms with Crippen LogP contribution in [0.3, 0.4) is 0 Å². The van der Waals surface area contributed by atoms with Crippen molar-refractivity contribution in [1.29, 1.82) is 0 Å². The molecule has 3 heterocycles. The zero-order valence-corrected chi connectivity index (χ0v) is 24.1. The van der Waals surface area contributed by atoms with Crippen LogP contribution in [-0.4, -0.2) is 68.2 Å². The topological polar surface area (TPSA) is 129 Å². The second-order valence-corrected chi connectivity index (χ2v) is 13.2. The number of alkyl halides is 3. The number of aromatic nitrogens is 1. The van der Waals surface area contributed by atoms with Crippen LogP contribution in [-0.2, 0) is 25.7 Å². The first-order chi connectivity index (χ1) is 18.5. The smallest absolute Gasteiger partial charge is 0.420 e. The minimum atomic E-state index is -4.65. The number of halogens is 3. The molecule has 0 radical (unpaired) electrons. The molecular formula is C28H38F3NO7S. The van der Waals surface area contributed by atoms with Crippen molar-refractivity contribution < 1.29 is 47.6 Å². The van der Waals surface area contributed by atoms with Gasteiger partial charge in [-0.05, 0) is 49.2 Å². The van der Waals surface area contributed by atoms with Gasteiger partial charge in [0, 0.05) is 17.7 Å². The zero-order valence-electron chi connectivity index (χ0n) is 23.3. The molecule has 4 rings (SSSR count). The molecular weight excluding hydrogens is 551 g/mol. The molecule has 2 saturated heterocycles. The first-order valence-corrected chi connectivity index (χ1v) is 14.5. The zero-order chi connectivity index (χ0) is 29.8. The van der Waals surface area contributed by atoms with E-state index in [1.54, 1.807) is 32.2 Å². The number of aliphatic hydroxyl groups is 3. The standard InChI is InChI=1S/C28H38F3NO7S/c1-13(6-17-12-40-22(11-33)32-17)19-8-21-27(39-21,28(29,30)31)10-16-7-18(16)14(2)24(36)15(3)25(37)26(4,5)20(34)9-23(35)38-19/h6,12,14-16,18-21,24,33-34,36H,7-11H2,1-5H3/b13-6+/t14-,15+,16-,18+,19+,20-,21-,24-,27+/m0/s1. The van der Waals surface area contributed by atoms with Gasteiger partial charge in [-0.15, -0.1) is 11.3 Å². The molecule has 40 heavy (non-hydrogen) atoms. The number of ketones is 1. The third-order valence-electron chi connectivity index (χ3n) is 9.10. The second kappa shape index (κ2) is 11.1. The lowest BCUT2D eigenvalue weighted by atomic mass is 9.72. The number of epoxide rings is 1. The summed E-state index contributed by atoms with van der Waals surface area (Å²) in [6.07, 6.45) is -8.58. The Morgan fingerprint density at radius 1 is 1.23 bits per heavy atom. The van der Waals surface area contributed by atoms with Crippen LogP contribution in [0, 0.1) is 29.1 Å². The van der Waals surface area contributed by atoms with Gasteiger partial charge < -0.3 is 24.8 Å². The van der Waals surface area contributed by atoms with Crippen LogP contribution in [0.4, 0.5) is 13.2 Å². The molecule has 0 amide bonds. The first-order valence-electron chi connectivity index (χ1n) is 13.6. The summed E-state index contributed by atoms with van der Waals surface area (Å²) in [6.45, 7) is 7.63. The number of carbonyl (C=O) groups excluding carboxylic acids is 2. The lowest BCUT2D eigenvalue weighted by Gasteiger charge is -2.34. The third-order valence-corrected chi connectivity index (χ3v) is 9.95. The Morgan fingerprint density at radius 2 is 1.90 bits per heavy atom. The lowest BCUT2D eigenvalue weighted by molar-refractivity contribution is -0.187. The Hall–Kier alpha value is -1.86. The molecule has 0 bridgehead atoms. The fraction of sp³-hybridized carbons (Fsp3) is 0.750. The van der Waals surface area contributed by atoms with Gasteiger partial charge in [0.1, 0.15) is 23.0 Å². The number of thiazole rings is 1. The minimum Gasteiger partial charge on any atom is -0.458 e. The van der Waals surface area contributed by atoms with Crippen LogP contribution in [0.2, 0.25) is 0 Å². The number of nitrogens with zero attached hydrogens (tertiary/aromatic N) is 1. The summed E-state index contributed by atoms with van der Waals surface area (Å²) in [7, 11) is 0. The van der Waals surface area contributed by atoms with Crippen LogP contribution < -0.4 is 0 Å². The first kappa shape index (κ1) is 31.1. The molecule has 3 fully saturated rings. The Kier molecular flexibility index (Phi) is 8.62. The molecule has 1 aromatic rings. The summed E-state index contributed by atoms with van der Waals surface area (Å²) in [5, 5.41) is 33.3. The fourth-order valence-corrected chi connectivity index (χ4v) is 6.70. The van der Waals surface area contributed by atoms with Crippen molar-refractivity contribution in [1.82, 2.24) is 4.98 Å². The van der Waals surface area contributed by atoms with E-state index in [9.17, 15) is 38.1 Å². The average Bonchev–Trinajstić information content (AvgIpc) is 3.75. The van der Waals surface area contributed by atoms with Crippen molar-refractivity contribution in [3.63, 3.8) is 0 Å². The molecule has 224 valence electrons. The monoisotopic (exact) mass is 589 g/mol. The Balaban J connectivity index is 1.66. The van der Waals surface area contributed by atoms with Gasteiger partial charge in [-0.2, -0.15) is 13.2 Å². The highest BCUT2D eigenvalue weighted by Crippen LogP contribution is 2.61. The molecule has 0 spiro atoms. The normalized spacial score (nSPS) is 39.2. The van der Waals surface area contributed by atoms with Gasteiger partial charge in [0.15, 0.2) is 5.60 Å². The largest absolute Gasteiger partial charge is 0.458 e. The molecule has 1 aliphatic carbocycles. The number of fused-ring (bicyclic) bond motifs is 2. The van der Waals surface area contributed by atoms with E-state index in [-0.39, 0.29) is 31.3 Å². The van der Waals surface area contributed by atoms with E-state index in [4.69, 9.17) is 9.47 Å². The highest BCUT2D eigenvalue weighted by molar-refractivity contribution is 7.09. The SMILES string of the molecule is C/C(=C\c1csc(CO)n1)[C@H]1C[C@@H]2O[C@]2(C(F)(F)F)C[C@@H]2C[C@@H]2[C@H](C)[C@H](O)[C@@H](C)C(=O)C(C)(C)[C@@H](O)CC(=O)O1. The minimum absolute atomic E-state index is 0.198. The maximum Gasteiger partial charge on any atom is 0.420 e. The Morgan fingerprint density at radius 3 is 2.50 bits per heavy atom. The average molecular weight is 590 g/mol. The number of cyclic esters (lactones) is 1. The number of aliphatic hydroxyl groups excluding tert-OH is 3. The van der Waals surface area contributed by atoms with Crippen LogP contribution in [0.5, 0.6) is 0 Å². The molecule has 3 aliphatic rings. The third kappa shape index (κ3) is 6.01. The molecule has 1 saturated carbocycles. The van der Waals surface area contributed by atoms with E-state index in [1.807, 2.05) is 0 Å². The molecule has 0 unspecified atom stereocenters. The van der Waals surface area contributed by atoms with Crippen molar-refractivity contribution in [2.75, 3.05) is 0 Å². The fourth-order valence-electron chi connectivity index (χ4n) is 6.09. The number of ether oxygens (including phenoxy) is 2. The molecule has 1 aromatic heterocycles. The van der Waals surface area contributed by atoms with E-state index in [0.717, 1.165) is 0 Å². The van der Waals surface area contributed by atoms with Crippen molar-refractivity contribution in [3.05, 3.63) is 21.7 Å². The summed E-state index contributed by atoms with van der Waals surface area (Å²) in [4.78, 5) is 30.5. The highest BCUT2D eigenvalue weighted by Gasteiger charge is 2.74. The molecule has 8 nitrogen and oxygen atoms in total. The molecule has 2 aliphatic heterocycles. The Labute approximate surface area is 235 Å². The Bertz CT molecular complexity index is 1150. The summed E-state index contributed by atoms with van der Waals surface area (Å²) < 4.78 is 54.1. The maximum atomic E-state index is 14.4. The van der Waals surface area contributed by atoms with Crippen molar-refractivity contribution in [2.45, 2.75) is 103 Å². The summed E-state index contributed by atoms with van der Waals surface area (Å²) in [5.74, 6) is -3.19. The van der Waals surface area contributed by atoms with Gasteiger partial charge in [0.25, 0.3) is 0 Å². The van der Waals surface area contributed by atoms with Crippen molar-refractivity contribution in [2.24, 2.45) is 29.1 Å². The number of carbonyl (C=O) groups is 2. The van der Waals surface area contributed by atoms with Gasteiger partial charge in [-0.3, -0.25) is 9.59 Å². The summed E-state index contributed by atoms with van der Waals surface area (Å²) in [5.41, 5.74) is -2.88. The van der Waals surface area contributed by atoms with Crippen molar-refractivity contribution in [3.8, 4) is 0 Å². The predicted molar refractivity (Wildman–Crippen MR) is 140 cm³/mol. The van der Waals surface area contributed by atoms with Gasteiger partial charge in [0.2, 0.25) is 0 Å². The maximum absolute atomic E-state index is 14.4. The number of hydrogen-bond acceptors (Lipinski definition) is 9. The predicted octanol–water partition coefficient (Wildman–Crippen LogP) is 4.06. The molecule has 12 heteroatoms. The van der Waals surface area contributed by atoms with Gasteiger partial charge in [-0.25, -0.2) is 4.98 Å². The summed E-state index contributed by atoms with van der Waals surface area (Å²) in [6, 6.07) is 0. The number of Topliss-reactive ketones (excluding diaryl/α,β-unsaturated/α-hetero) is 1. The van der Waals surface area contributed by atoms with E-state index in [0.29, 0.717) is 22.7 Å². The second-order valence-electron chi connectivity index (χ2n) is 12.2. The number of esters is 1. The molecule has 0 aromatic carbocycles. The van der Waals surface area contributed by atoms with E-state index in [2.05, 4.69) is 4.98 Å². The van der Waals surface area contributed by atoms with Crippen LogP contribution in [0.1, 0.15) is 71.0 Å². The van der Waals surface area contributed by atoms with Gasteiger partial charge in [-0.1, -0.05) is 27.7 Å². The van der Waals surface area contributed by atoms with Crippen LogP contribution in [0.15, 0.2) is 11.0 Å². The van der Waals surface area contributed by atoms with Crippen LogP contribution in [0.25, 0.3) is 6.08 Å². The van der Waals surface area contributed by atoms with E-state index < -0.39 is 71.6 Å². The van der Waals surface area contributed by atoms with Gasteiger partial charge in [0.05, 0.1) is 36.3 Å². The highest BCUT2D eigenvalue weighted by atomic mass is 32.1. The number of hydrogen-bond donors (Lipinski definition) is 3. The van der Waals surface area contributed by atoms with Crippen LogP contribution >= 0.6 is 11.3 Å². The summed E-state index contributed by atoms with van der Waals surface area (Å²) >= 11 is 1.21.